The number of benzene rings is 2. The van der Waals surface area contributed by atoms with Crippen LogP contribution in [0.1, 0.15) is 0 Å². The molecule has 1 N–H and O–H groups in total. The predicted molar refractivity (Wildman–Crippen MR) is 88.5 cm³/mol. The summed E-state index contributed by atoms with van der Waals surface area (Å²) in [7, 11) is 0. The molecule has 182 valence electrons. The highest BCUT2D eigenvalue weighted by Crippen LogP contribution is 2.51. The molecule has 0 radical (unpaired) electrons. The smallest absolute Gasteiger partial charge is 0.457 e. The summed E-state index contributed by atoms with van der Waals surface area (Å²) in [5.41, 5.74) is -0.693. The van der Waals surface area contributed by atoms with Crippen LogP contribution in [0, 0.1) is 0 Å². The van der Waals surface area contributed by atoms with E-state index >= 15 is 0 Å². The molecule has 0 saturated carbocycles. The van der Waals surface area contributed by atoms with Gasteiger partial charge in [-0.25, -0.2) is 0 Å². The molecule has 0 aliphatic heterocycles. The van der Waals surface area contributed by atoms with Gasteiger partial charge in [0.15, 0.2) is 0 Å². The van der Waals surface area contributed by atoms with E-state index in [0.29, 0.717) is 5.75 Å². The average molecular weight is 497 g/mol. The minimum absolute atomic E-state index is 0.0501. The monoisotopic (exact) mass is 497 g/mol. The molecule has 2 aromatic rings. The van der Waals surface area contributed by atoms with Crippen molar-refractivity contribution in [1.29, 1.82) is 0 Å². The highest BCUT2D eigenvalue weighted by atomic mass is 19.4. The highest BCUT2D eigenvalue weighted by molar-refractivity contribution is 5.96. The van der Waals surface area contributed by atoms with E-state index in [0.717, 1.165) is 29.6 Å². The first kappa shape index (κ1) is 26.2. The van der Waals surface area contributed by atoms with E-state index in [1.54, 1.807) is 18.2 Å². The van der Waals surface area contributed by atoms with Crippen LogP contribution in [0.4, 0.5) is 54.0 Å². The fourth-order valence-corrected chi connectivity index (χ4v) is 2.08. The van der Waals surface area contributed by atoms with Gasteiger partial charge in [-0.3, -0.25) is 9.53 Å². The van der Waals surface area contributed by atoms with E-state index in [9.17, 15) is 53.1 Å². The molecular weight excluding hydrogens is 487 g/mol. The molecule has 1 amide bonds. The molecule has 1 atom stereocenters. The summed E-state index contributed by atoms with van der Waals surface area (Å²) in [4.78, 5) is 11.7. The molecule has 0 fully saturated rings. The summed E-state index contributed by atoms with van der Waals surface area (Å²) >= 11 is 0. The molecule has 0 aliphatic rings. The maximum atomic E-state index is 14.2. The van der Waals surface area contributed by atoms with E-state index in [1.807, 2.05) is 0 Å². The zero-order valence-corrected chi connectivity index (χ0v) is 15.6. The van der Waals surface area contributed by atoms with Crippen molar-refractivity contribution in [3.05, 3.63) is 54.6 Å². The Morgan fingerprint density at radius 2 is 1.15 bits per heavy atom. The van der Waals surface area contributed by atoms with Crippen LogP contribution in [0.5, 0.6) is 11.5 Å². The molecule has 1 unspecified atom stereocenters. The number of rotatable bonds is 7. The van der Waals surface area contributed by atoms with Crippen LogP contribution in [-0.2, 0) is 9.53 Å². The molecule has 15 heteroatoms. The number of halogens is 11. The Morgan fingerprint density at radius 3 is 1.61 bits per heavy atom. The second kappa shape index (κ2) is 8.68. The van der Waals surface area contributed by atoms with Crippen molar-refractivity contribution in [1.82, 2.24) is 0 Å². The zero-order valence-electron chi connectivity index (χ0n) is 15.6. The first-order chi connectivity index (χ1) is 14.9. The lowest BCUT2D eigenvalue weighted by molar-refractivity contribution is -0.472. The van der Waals surface area contributed by atoms with E-state index in [4.69, 9.17) is 4.74 Å². The lowest BCUT2D eigenvalue weighted by Gasteiger charge is -2.34. The van der Waals surface area contributed by atoms with Crippen LogP contribution >= 0.6 is 0 Å². The van der Waals surface area contributed by atoms with Crippen LogP contribution < -0.4 is 10.1 Å². The van der Waals surface area contributed by atoms with Crippen molar-refractivity contribution >= 4 is 11.6 Å². The first-order valence-electron chi connectivity index (χ1n) is 8.33. The van der Waals surface area contributed by atoms with Crippen molar-refractivity contribution < 1.29 is 62.6 Å². The van der Waals surface area contributed by atoms with Crippen molar-refractivity contribution in [2.45, 2.75) is 30.2 Å². The highest BCUT2D eigenvalue weighted by Gasteiger charge is 2.79. The lowest BCUT2D eigenvalue weighted by atomic mass is 10.2. The topological polar surface area (TPSA) is 47.6 Å². The SMILES string of the molecule is O=C(Nc1ccc(Oc2ccccc2)cc1)C(F)(OC(F)(F)C(F)(F)C(F)(F)F)C(F)(F)F. The van der Waals surface area contributed by atoms with Crippen LogP contribution in [-0.4, -0.2) is 36.1 Å². The lowest BCUT2D eigenvalue weighted by Crippen LogP contribution is -2.62. The Hall–Kier alpha value is -3.10. The standard InChI is InChI=1S/C18H10F11NO3/c19-14(16(22,23)24,33-18(28,29)15(20,21)17(25,26)27)13(31)30-10-6-8-12(9-7-10)32-11-4-2-1-3-5-11/h1-9H,(H,30,31). The minimum atomic E-state index is -7.26. The van der Waals surface area contributed by atoms with Crippen LogP contribution in [0.2, 0.25) is 0 Å². The Labute approximate surface area is 176 Å². The summed E-state index contributed by atoms with van der Waals surface area (Å²) in [6.45, 7) is 0. The normalized spacial score (nSPS) is 15.0. The van der Waals surface area contributed by atoms with E-state index in [-0.39, 0.29) is 5.75 Å². The van der Waals surface area contributed by atoms with Crippen LogP contribution in [0.25, 0.3) is 0 Å². The molecule has 33 heavy (non-hydrogen) atoms. The summed E-state index contributed by atoms with van der Waals surface area (Å²) in [6.07, 6.45) is -21.0. The maximum absolute atomic E-state index is 14.2. The summed E-state index contributed by atoms with van der Waals surface area (Å²) in [6, 6.07) is 11.6. The second-order valence-corrected chi connectivity index (χ2v) is 6.18. The van der Waals surface area contributed by atoms with Gasteiger partial charge >= 0.3 is 30.2 Å². The van der Waals surface area contributed by atoms with Gasteiger partial charge in [0.05, 0.1) is 0 Å². The maximum Gasteiger partial charge on any atom is 0.462 e. The van der Waals surface area contributed by atoms with Crippen LogP contribution in [0.15, 0.2) is 54.6 Å². The molecule has 2 rings (SSSR count). The van der Waals surface area contributed by atoms with Crippen molar-refractivity contribution in [3.8, 4) is 11.5 Å². The van der Waals surface area contributed by atoms with Gasteiger partial charge < -0.3 is 10.1 Å². The zero-order chi connectivity index (χ0) is 25.3. The Kier molecular flexibility index (Phi) is 6.88. The van der Waals surface area contributed by atoms with Crippen molar-refractivity contribution in [2.75, 3.05) is 5.32 Å². The second-order valence-electron chi connectivity index (χ2n) is 6.18. The van der Waals surface area contributed by atoms with Gasteiger partial charge in [-0.15, -0.1) is 0 Å². The number of carbonyl (C=O) groups is 1. The minimum Gasteiger partial charge on any atom is -0.457 e. The summed E-state index contributed by atoms with van der Waals surface area (Å²) in [5.74, 6) is -16.3. The average Bonchev–Trinajstić information content (AvgIpc) is 2.68. The largest absolute Gasteiger partial charge is 0.462 e. The van der Waals surface area contributed by atoms with Gasteiger partial charge in [0, 0.05) is 5.69 Å². The number of anilines is 1. The Bertz CT molecular complexity index is 959. The number of para-hydroxylation sites is 1. The predicted octanol–water partition coefficient (Wildman–Crippen LogP) is 6.45. The van der Waals surface area contributed by atoms with Crippen molar-refractivity contribution in [2.24, 2.45) is 0 Å². The molecule has 0 spiro atoms. The first-order valence-corrected chi connectivity index (χ1v) is 8.33. The van der Waals surface area contributed by atoms with Gasteiger partial charge in [0.2, 0.25) is 0 Å². The Morgan fingerprint density at radius 1 is 0.667 bits per heavy atom. The van der Waals surface area contributed by atoms with E-state index < -0.39 is 41.8 Å². The molecule has 0 saturated heterocycles. The Balaban J connectivity index is 2.25. The fourth-order valence-electron chi connectivity index (χ4n) is 2.08. The third-order valence-electron chi connectivity index (χ3n) is 3.74. The third-order valence-corrected chi connectivity index (χ3v) is 3.74. The molecule has 0 heterocycles. The fraction of sp³-hybridized carbons (Fsp3) is 0.278. The van der Waals surface area contributed by atoms with Gasteiger partial charge in [0.25, 0.3) is 5.91 Å². The van der Waals surface area contributed by atoms with Gasteiger partial charge in [-0.05, 0) is 36.4 Å². The number of amides is 1. The third kappa shape index (κ3) is 5.46. The van der Waals surface area contributed by atoms with E-state index in [1.165, 1.54) is 12.1 Å². The number of alkyl halides is 11. The number of ether oxygens (including phenoxy) is 2. The van der Waals surface area contributed by atoms with Crippen molar-refractivity contribution in [3.63, 3.8) is 0 Å². The molecule has 0 aliphatic carbocycles. The molecular formula is C18H10F11NO3. The number of hydrogen-bond acceptors (Lipinski definition) is 3. The van der Waals surface area contributed by atoms with Gasteiger partial charge in [-0.2, -0.15) is 48.3 Å². The van der Waals surface area contributed by atoms with Crippen LogP contribution in [0.3, 0.4) is 0 Å². The number of nitrogens with one attached hydrogen (secondary N) is 1. The molecule has 4 nitrogen and oxygen atoms in total. The molecule has 0 bridgehead atoms. The molecule has 2 aromatic carbocycles. The van der Waals surface area contributed by atoms with Gasteiger partial charge in [-0.1, -0.05) is 18.2 Å². The quantitative estimate of drug-likeness (QED) is 0.448. The summed E-state index contributed by atoms with van der Waals surface area (Å²) in [5, 5.41) is 1.12. The number of hydrogen-bond donors (Lipinski definition) is 1. The summed E-state index contributed by atoms with van der Waals surface area (Å²) < 4.78 is 149. The van der Waals surface area contributed by atoms with E-state index in [2.05, 4.69) is 4.74 Å². The molecule has 0 aromatic heterocycles. The van der Waals surface area contributed by atoms with Gasteiger partial charge in [0.1, 0.15) is 11.5 Å². The number of carbonyl (C=O) groups excluding carboxylic acids is 1.